The van der Waals surface area contributed by atoms with Crippen LogP contribution in [0.3, 0.4) is 0 Å². The molecule has 0 radical (unpaired) electrons. The third-order valence-electron chi connectivity index (χ3n) is 3.25. The molecule has 7 heteroatoms. The van der Waals surface area contributed by atoms with Crippen LogP contribution in [0, 0.1) is 0 Å². The zero-order chi connectivity index (χ0) is 14.0. The Balaban J connectivity index is 2.16. The van der Waals surface area contributed by atoms with Crippen LogP contribution in [0.5, 0.6) is 5.75 Å². The molecule has 0 unspecified atom stereocenters. The van der Waals surface area contributed by atoms with Crippen molar-refractivity contribution in [1.29, 1.82) is 0 Å². The highest BCUT2D eigenvalue weighted by Crippen LogP contribution is 2.31. The van der Waals surface area contributed by atoms with Gasteiger partial charge in [0.25, 0.3) is 0 Å². The van der Waals surface area contributed by atoms with E-state index in [9.17, 15) is 8.42 Å². The van der Waals surface area contributed by atoms with E-state index in [1.54, 1.807) is 13.2 Å². The summed E-state index contributed by atoms with van der Waals surface area (Å²) in [5.41, 5.74) is 7.38. The lowest BCUT2D eigenvalue weighted by atomic mass is 10.2. The van der Waals surface area contributed by atoms with Crippen molar-refractivity contribution in [2.45, 2.75) is 0 Å². The minimum Gasteiger partial charge on any atom is -0.495 e. The molecule has 1 fully saturated rings. The Morgan fingerprint density at radius 2 is 1.84 bits per heavy atom. The zero-order valence-corrected chi connectivity index (χ0v) is 12.0. The Labute approximate surface area is 113 Å². The van der Waals surface area contributed by atoms with E-state index in [-0.39, 0.29) is 0 Å². The summed E-state index contributed by atoms with van der Waals surface area (Å²) in [6.07, 6.45) is 1.24. The molecule has 2 N–H and O–H groups in total. The molecule has 0 aromatic heterocycles. The third-order valence-corrected chi connectivity index (χ3v) is 4.55. The molecule has 0 saturated carbocycles. The molecule has 1 aliphatic rings. The number of hydrogen-bond donors (Lipinski definition) is 1. The van der Waals surface area contributed by atoms with E-state index in [1.807, 2.05) is 12.1 Å². The van der Waals surface area contributed by atoms with Crippen molar-refractivity contribution in [3.05, 3.63) is 18.2 Å². The van der Waals surface area contributed by atoms with Crippen molar-refractivity contribution in [3.8, 4) is 5.75 Å². The van der Waals surface area contributed by atoms with Gasteiger partial charge in [0.05, 0.1) is 19.1 Å². The normalized spacial score (nSPS) is 17.5. The second kappa shape index (κ2) is 5.26. The largest absolute Gasteiger partial charge is 0.495 e. The van der Waals surface area contributed by atoms with Crippen LogP contribution < -0.4 is 15.4 Å². The Bertz CT molecular complexity index is 551. The summed E-state index contributed by atoms with van der Waals surface area (Å²) in [6.45, 7) is 2.23. The van der Waals surface area contributed by atoms with Gasteiger partial charge in [-0.25, -0.2) is 8.42 Å². The number of ether oxygens (including phenoxy) is 1. The summed E-state index contributed by atoms with van der Waals surface area (Å²) < 4.78 is 29.7. The summed E-state index contributed by atoms with van der Waals surface area (Å²) in [4.78, 5) is 2.09. The topological polar surface area (TPSA) is 75.9 Å². The average Bonchev–Trinajstić information content (AvgIpc) is 2.38. The molecular weight excluding hydrogens is 266 g/mol. The van der Waals surface area contributed by atoms with Gasteiger partial charge in [-0.2, -0.15) is 4.31 Å². The summed E-state index contributed by atoms with van der Waals surface area (Å²) >= 11 is 0. The Kier molecular flexibility index (Phi) is 3.86. The second-order valence-corrected chi connectivity index (χ2v) is 6.56. The molecule has 0 amide bonds. The van der Waals surface area contributed by atoms with Crippen molar-refractivity contribution >= 4 is 21.4 Å². The van der Waals surface area contributed by atoms with E-state index in [0.717, 1.165) is 11.4 Å². The maximum atomic E-state index is 11.5. The number of nitrogen functional groups attached to an aromatic ring is 1. The summed E-state index contributed by atoms with van der Waals surface area (Å²) in [6, 6.07) is 5.47. The lowest BCUT2D eigenvalue weighted by molar-refractivity contribution is 0.381. The van der Waals surface area contributed by atoms with Crippen LogP contribution in [-0.4, -0.2) is 52.3 Å². The van der Waals surface area contributed by atoms with Gasteiger partial charge in [0.1, 0.15) is 5.75 Å². The number of benzene rings is 1. The molecular formula is C12H19N3O3S. The second-order valence-electron chi connectivity index (χ2n) is 4.58. The van der Waals surface area contributed by atoms with Crippen molar-refractivity contribution in [2.75, 3.05) is 50.2 Å². The van der Waals surface area contributed by atoms with Crippen molar-refractivity contribution in [2.24, 2.45) is 0 Å². The molecule has 106 valence electrons. The van der Waals surface area contributed by atoms with Crippen LogP contribution in [0.2, 0.25) is 0 Å². The van der Waals surface area contributed by atoms with Gasteiger partial charge < -0.3 is 15.4 Å². The van der Waals surface area contributed by atoms with Crippen molar-refractivity contribution in [3.63, 3.8) is 0 Å². The first-order valence-corrected chi connectivity index (χ1v) is 7.90. The highest BCUT2D eigenvalue weighted by atomic mass is 32.2. The average molecular weight is 285 g/mol. The summed E-state index contributed by atoms with van der Waals surface area (Å²) in [5.74, 6) is 0.752. The van der Waals surface area contributed by atoms with E-state index in [2.05, 4.69) is 4.90 Å². The third kappa shape index (κ3) is 3.10. The number of methoxy groups -OCH3 is 1. The predicted octanol–water partition coefficient (Wildman–Crippen LogP) is 0.359. The molecule has 0 aliphatic carbocycles. The number of rotatable bonds is 3. The first-order chi connectivity index (χ1) is 8.91. The van der Waals surface area contributed by atoms with Crippen molar-refractivity contribution in [1.82, 2.24) is 4.31 Å². The van der Waals surface area contributed by atoms with Gasteiger partial charge in [-0.05, 0) is 18.2 Å². The SMILES string of the molecule is COc1ccc(N)cc1N1CCN(S(C)(=O)=O)CC1. The van der Waals surface area contributed by atoms with E-state index >= 15 is 0 Å². The van der Waals surface area contributed by atoms with Crippen molar-refractivity contribution < 1.29 is 13.2 Å². The number of nitrogens with two attached hydrogens (primary N) is 1. The molecule has 0 spiro atoms. The molecule has 1 aliphatic heterocycles. The quantitative estimate of drug-likeness (QED) is 0.812. The van der Waals surface area contributed by atoms with Crippen LogP contribution in [0.1, 0.15) is 0 Å². The highest BCUT2D eigenvalue weighted by molar-refractivity contribution is 7.88. The highest BCUT2D eigenvalue weighted by Gasteiger charge is 2.24. The monoisotopic (exact) mass is 285 g/mol. The number of nitrogens with zero attached hydrogens (tertiary/aromatic N) is 2. The smallest absolute Gasteiger partial charge is 0.211 e. The molecule has 0 atom stereocenters. The van der Waals surface area contributed by atoms with Gasteiger partial charge in [-0.3, -0.25) is 0 Å². The Morgan fingerprint density at radius 3 is 2.37 bits per heavy atom. The molecule has 1 heterocycles. The maximum absolute atomic E-state index is 11.5. The van der Waals surface area contributed by atoms with Crippen LogP contribution in [-0.2, 0) is 10.0 Å². The summed E-state index contributed by atoms with van der Waals surface area (Å²) in [5, 5.41) is 0. The lowest BCUT2D eigenvalue weighted by Gasteiger charge is -2.35. The van der Waals surface area contributed by atoms with Crippen LogP contribution >= 0.6 is 0 Å². The minimum absolute atomic E-state index is 0.483. The Morgan fingerprint density at radius 1 is 1.21 bits per heavy atom. The minimum atomic E-state index is -3.10. The number of sulfonamides is 1. The predicted molar refractivity (Wildman–Crippen MR) is 76.0 cm³/mol. The molecule has 1 saturated heterocycles. The number of hydrogen-bond acceptors (Lipinski definition) is 5. The van der Waals surface area contributed by atoms with Gasteiger partial charge in [-0.15, -0.1) is 0 Å². The first kappa shape index (κ1) is 14.0. The molecule has 19 heavy (non-hydrogen) atoms. The fourth-order valence-electron chi connectivity index (χ4n) is 2.21. The first-order valence-electron chi connectivity index (χ1n) is 6.05. The number of anilines is 2. The standard InChI is InChI=1S/C12H19N3O3S/c1-18-12-4-3-10(13)9-11(12)14-5-7-15(8-6-14)19(2,16)17/h3-4,9H,5-8,13H2,1-2H3. The van der Waals surface area contributed by atoms with Gasteiger partial charge in [0, 0.05) is 31.9 Å². The fraction of sp³-hybridized carbons (Fsp3) is 0.500. The van der Waals surface area contributed by atoms with Crippen LogP contribution in [0.4, 0.5) is 11.4 Å². The molecule has 1 aromatic rings. The lowest BCUT2D eigenvalue weighted by Crippen LogP contribution is -2.48. The fourth-order valence-corrected chi connectivity index (χ4v) is 3.04. The Hall–Kier alpha value is -1.47. The van der Waals surface area contributed by atoms with Gasteiger partial charge >= 0.3 is 0 Å². The molecule has 1 aromatic carbocycles. The zero-order valence-electron chi connectivity index (χ0n) is 11.2. The summed E-state index contributed by atoms with van der Waals surface area (Å²) in [7, 11) is -1.49. The van der Waals surface area contributed by atoms with E-state index in [4.69, 9.17) is 10.5 Å². The van der Waals surface area contributed by atoms with Crippen LogP contribution in [0.25, 0.3) is 0 Å². The van der Waals surface area contributed by atoms with E-state index in [0.29, 0.717) is 31.9 Å². The maximum Gasteiger partial charge on any atom is 0.211 e. The number of piperazine rings is 1. The van der Waals surface area contributed by atoms with Crippen LogP contribution in [0.15, 0.2) is 18.2 Å². The van der Waals surface area contributed by atoms with E-state index < -0.39 is 10.0 Å². The molecule has 6 nitrogen and oxygen atoms in total. The molecule has 2 rings (SSSR count). The van der Waals surface area contributed by atoms with Gasteiger partial charge in [0.2, 0.25) is 10.0 Å². The van der Waals surface area contributed by atoms with Gasteiger partial charge in [0.15, 0.2) is 0 Å². The van der Waals surface area contributed by atoms with Gasteiger partial charge in [-0.1, -0.05) is 0 Å². The molecule has 0 bridgehead atoms. The van der Waals surface area contributed by atoms with E-state index in [1.165, 1.54) is 10.6 Å².